The molecule has 1 aliphatic rings. The number of amides is 1. The van der Waals surface area contributed by atoms with Crippen molar-refractivity contribution in [2.45, 2.75) is 33.4 Å². The molecule has 0 unspecified atom stereocenters. The van der Waals surface area contributed by atoms with Gasteiger partial charge in [-0.1, -0.05) is 56.3 Å². The lowest BCUT2D eigenvalue weighted by Crippen LogP contribution is -2.46. The number of ether oxygens (including phenoxy) is 2. The SMILES string of the molecule is CC1=C(C(=O)OCC(C)C)[C@H](c2cccc(NC(=O)COCc3ccccc3)c2)NC(=S)N1C. The van der Waals surface area contributed by atoms with Crippen LogP contribution in [0.1, 0.15) is 37.9 Å². The fourth-order valence-corrected chi connectivity index (χ4v) is 3.75. The number of hydrogen-bond donors (Lipinski definition) is 2. The lowest BCUT2D eigenvalue weighted by Gasteiger charge is -2.35. The minimum atomic E-state index is -0.491. The zero-order valence-corrected chi connectivity index (χ0v) is 20.8. The second kappa shape index (κ2) is 11.8. The number of anilines is 1. The van der Waals surface area contributed by atoms with Crippen molar-refractivity contribution in [1.29, 1.82) is 0 Å². The van der Waals surface area contributed by atoms with E-state index in [-0.39, 0.29) is 24.4 Å². The monoisotopic (exact) mass is 481 g/mol. The Kier molecular flexibility index (Phi) is 8.79. The molecule has 1 heterocycles. The minimum Gasteiger partial charge on any atom is -0.462 e. The number of allylic oxidation sites excluding steroid dienone is 1. The highest BCUT2D eigenvalue weighted by atomic mass is 32.1. The molecule has 34 heavy (non-hydrogen) atoms. The van der Waals surface area contributed by atoms with E-state index in [2.05, 4.69) is 10.6 Å². The first-order valence-electron chi connectivity index (χ1n) is 11.2. The quantitative estimate of drug-likeness (QED) is 0.411. The number of thiocarbonyl (C=S) groups is 1. The molecule has 0 spiro atoms. The van der Waals surface area contributed by atoms with Gasteiger partial charge in [0, 0.05) is 18.4 Å². The van der Waals surface area contributed by atoms with Gasteiger partial charge in [-0.15, -0.1) is 0 Å². The van der Waals surface area contributed by atoms with Gasteiger partial charge in [0.15, 0.2) is 5.11 Å². The van der Waals surface area contributed by atoms with E-state index in [1.54, 1.807) is 11.0 Å². The minimum absolute atomic E-state index is 0.0680. The third kappa shape index (κ3) is 6.65. The molecule has 1 aliphatic heterocycles. The molecule has 2 aromatic rings. The number of rotatable bonds is 9. The van der Waals surface area contributed by atoms with Gasteiger partial charge in [0.2, 0.25) is 5.91 Å². The van der Waals surface area contributed by atoms with E-state index in [9.17, 15) is 9.59 Å². The van der Waals surface area contributed by atoms with E-state index in [0.717, 1.165) is 16.8 Å². The first-order valence-corrected chi connectivity index (χ1v) is 11.6. The van der Waals surface area contributed by atoms with Crippen LogP contribution >= 0.6 is 12.2 Å². The van der Waals surface area contributed by atoms with Gasteiger partial charge in [-0.25, -0.2) is 4.79 Å². The topological polar surface area (TPSA) is 79.9 Å². The summed E-state index contributed by atoms with van der Waals surface area (Å²) in [5.41, 5.74) is 3.61. The van der Waals surface area contributed by atoms with Crippen molar-refractivity contribution in [2.75, 3.05) is 25.6 Å². The zero-order valence-electron chi connectivity index (χ0n) is 20.0. The molecule has 0 aromatic heterocycles. The van der Waals surface area contributed by atoms with Gasteiger partial charge in [0.1, 0.15) is 6.61 Å². The molecule has 0 saturated heterocycles. The van der Waals surface area contributed by atoms with Gasteiger partial charge in [-0.2, -0.15) is 0 Å². The van der Waals surface area contributed by atoms with E-state index in [1.165, 1.54) is 0 Å². The third-order valence-corrected chi connectivity index (χ3v) is 5.76. The summed E-state index contributed by atoms with van der Waals surface area (Å²) in [4.78, 5) is 27.1. The number of carbonyl (C=O) groups excluding carboxylic acids is 2. The van der Waals surface area contributed by atoms with Crippen LogP contribution in [0.4, 0.5) is 5.69 Å². The smallest absolute Gasteiger partial charge is 0.338 e. The lowest BCUT2D eigenvalue weighted by molar-refractivity contribution is -0.140. The Morgan fingerprint density at radius 3 is 2.59 bits per heavy atom. The summed E-state index contributed by atoms with van der Waals surface area (Å²) in [6.07, 6.45) is 0. The van der Waals surface area contributed by atoms with Crippen LogP contribution in [0.3, 0.4) is 0 Å². The Bertz CT molecular complexity index is 1070. The summed E-state index contributed by atoms with van der Waals surface area (Å²) in [5.74, 6) is -0.425. The fourth-order valence-electron chi connectivity index (χ4n) is 3.50. The molecule has 7 nitrogen and oxygen atoms in total. The van der Waals surface area contributed by atoms with E-state index >= 15 is 0 Å². The Morgan fingerprint density at radius 2 is 1.88 bits per heavy atom. The lowest BCUT2D eigenvalue weighted by atomic mass is 9.94. The molecule has 8 heteroatoms. The number of benzene rings is 2. The van der Waals surface area contributed by atoms with Crippen LogP contribution in [-0.4, -0.2) is 42.2 Å². The maximum Gasteiger partial charge on any atom is 0.338 e. The predicted octanol–water partition coefficient (Wildman–Crippen LogP) is 4.18. The molecule has 0 aliphatic carbocycles. The first-order chi connectivity index (χ1) is 16.3. The second-order valence-corrected chi connectivity index (χ2v) is 8.97. The maximum atomic E-state index is 13.0. The summed E-state index contributed by atoms with van der Waals surface area (Å²) in [5, 5.41) is 6.59. The Hall–Kier alpha value is -3.23. The predicted molar refractivity (Wildman–Crippen MR) is 136 cm³/mol. The van der Waals surface area contributed by atoms with Crippen molar-refractivity contribution in [3.63, 3.8) is 0 Å². The average molecular weight is 482 g/mol. The number of nitrogens with one attached hydrogen (secondary N) is 2. The Morgan fingerprint density at radius 1 is 1.15 bits per heavy atom. The van der Waals surface area contributed by atoms with Crippen LogP contribution in [0.25, 0.3) is 0 Å². The molecule has 1 atom stereocenters. The van der Waals surface area contributed by atoms with Gasteiger partial charge >= 0.3 is 5.97 Å². The van der Waals surface area contributed by atoms with Gasteiger partial charge in [0.25, 0.3) is 0 Å². The van der Waals surface area contributed by atoms with Crippen molar-refractivity contribution < 1.29 is 19.1 Å². The van der Waals surface area contributed by atoms with E-state index in [1.807, 2.05) is 76.3 Å². The molecular formula is C26H31N3O4S. The molecule has 180 valence electrons. The van der Waals surface area contributed by atoms with Crippen molar-refractivity contribution in [2.24, 2.45) is 5.92 Å². The number of esters is 1. The van der Waals surface area contributed by atoms with E-state index < -0.39 is 6.04 Å². The van der Waals surface area contributed by atoms with Crippen molar-refractivity contribution >= 4 is 34.9 Å². The van der Waals surface area contributed by atoms with E-state index in [0.29, 0.717) is 29.6 Å². The molecule has 2 N–H and O–H groups in total. The van der Waals surface area contributed by atoms with E-state index in [4.69, 9.17) is 21.7 Å². The van der Waals surface area contributed by atoms with Crippen molar-refractivity contribution in [1.82, 2.24) is 10.2 Å². The highest BCUT2D eigenvalue weighted by molar-refractivity contribution is 7.80. The van der Waals surface area contributed by atoms with Gasteiger partial charge in [-0.05, 0) is 48.3 Å². The van der Waals surface area contributed by atoms with Crippen LogP contribution in [-0.2, 0) is 25.7 Å². The van der Waals surface area contributed by atoms with Crippen LogP contribution in [0.2, 0.25) is 0 Å². The van der Waals surface area contributed by atoms with Crippen LogP contribution in [0.15, 0.2) is 65.9 Å². The first kappa shape index (κ1) is 25.4. The molecular weight excluding hydrogens is 450 g/mol. The van der Waals surface area contributed by atoms with Gasteiger partial charge in [-0.3, -0.25) is 4.79 Å². The third-order valence-electron chi connectivity index (χ3n) is 5.37. The fraction of sp³-hybridized carbons (Fsp3) is 0.346. The Labute approximate surface area is 206 Å². The normalized spacial score (nSPS) is 15.9. The van der Waals surface area contributed by atoms with Gasteiger partial charge in [0.05, 0.1) is 24.8 Å². The summed E-state index contributed by atoms with van der Waals surface area (Å²) >= 11 is 5.46. The average Bonchev–Trinajstić information content (AvgIpc) is 2.81. The second-order valence-electron chi connectivity index (χ2n) is 8.58. The number of carbonyl (C=O) groups is 2. The number of hydrogen-bond acceptors (Lipinski definition) is 5. The summed E-state index contributed by atoms with van der Waals surface area (Å²) < 4.78 is 11.1. The highest BCUT2D eigenvalue weighted by Crippen LogP contribution is 2.32. The molecule has 0 bridgehead atoms. The van der Waals surface area contributed by atoms with Gasteiger partial charge < -0.3 is 25.0 Å². The molecule has 1 amide bonds. The molecule has 3 rings (SSSR count). The standard InChI is InChI=1S/C26H31N3O4S/c1-17(2)14-33-25(31)23-18(3)29(4)26(34)28-24(23)20-11-8-12-21(13-20)27-22(30)16-32-15-19-9-6-5-7-10-19/h5-13,17,24H,14-16H2,1-4H3,(H,27,30)(H,28,34)/t24-/m0/s1. The Balaban J connectivity index is 1.72. The van der Waals surface area contributed by atoms with Crippen molar-refractivity contribution in [3.8, 4) is 0 Å². The number of nitrogens with zero attached hydrogens (tertiary/aromatic N) is 1. The molecule has 2 aromatic carbocycles. The van der Waals surface area contributed by atoms with Crippen LogP contribution in [0, 0.1) is 5.92 Å². The molecule has 0 fully saturated rings. The highest BCUT2D eigenvalue weighted by Gasteiger charge is 2.33. The van der Waals surface area contributed by atoms with Crippen LogP contribution < -0.4 is 10.6 Å². The maximum absolute atomic E-state index is 13.0. The molecule has 0 radical (unpaired) electrons. The summed E-state index contributed by atoms with van der Waals surface area (Å²) in [6, 6.07) is 16.5. The van der Waals surface area contributed by atoms with Crippen molar-refractivity contribution in [3.05, 3.63) is 77.0 Å². The summed E-state index contributed by atoms with van der Waals surface area (Å²) in [6.45, 7) is 6.44. The molecule has 0 saturated carbocycles. The zero-order chi connectivity index (χ0) is 24.7. The van der Waals surface area contributed by atoms with Crippen LogP contribution in [0.5, 0.6) is 0 Å². The largest absolute Gasteiger partial charge is 0.462 e. The summed E-state index contributed by atoms with van der Waals surface area (Å²) in [7, 11) is 1.81.